The van der Waals surface area contributed by atoms with Crippen LogP contribution in [-0.2, 0) is 0 Å². The van der Waals surface area contributed by atoms with Crippen molar-refractivity contribution in [1.29, 1.82) is 0 Å². The summed E-state index contributed by atoms with van der Waals surface area (Å²) in [5, 5.41) is 14.5. The van der Waals surface area contributed by atoms with Gasteiger partial charge < -0.3 is 10.2 Å². The summed E-state index contributed by atoms with van der Waals surface area (Å²) in [6.07, 6.45) is 0. The number of rotatable bonds is 0. The van der Waals surface area contributed by atoms with Crippen LogP contribution >= 0.6 is 8.51 Å². The van der Waals surface area contributed by atoms with Gasteiger partial charge in [-0.3, -0.25) is 9.59 Å². The molecule has 2 aromatic carbocycles. The van der Waals surface area contributed by atoms with E-state index in [4.69, 9.17) is 28.3 Å². The van der Waals surface area contributed by atoms with Crippen LogP contribution in [0, 0.1) is 13.8 Å². The molecule has 0 heterocycles. The number of halogens is 1. The molecule has 0 saturated heterocycles. The second kappa shape index (κ2) is 11.2. The summed E-state index contributed by atoms with van der Waals surface area (Å²) in [6.45, 7) is 3.77. The second-order valence-electron chi connectivity index (χ2n) is 4.43. The fraction of sp³-hybridized carbons (Fsp3) is 0.125. The minimum absolute atomic E-state index is 0.0214. The van der Waals surface area contributed by atoms with Gasteiger partial charge in [0.05, 0.1) is 12.1 Å². The van der Waals surface area contributed by atoms with E-state index < -0.39 is 0 Å². The summed E-state index contributed by atoms with van der Waals surface area (Å²) in [6, 6.07) is 13.4. The zero-order valence-electron chi connectivity index (χ0n) is 12.3. The first-order chi connectivity index (χ1) is 10.4. The molecule has 0 aliphatic rings. The summed E-state index contributed by atoms with van der Waals surface area (Å²) in [7, 11) is 4.75. The van der Waals surface area contributed by atoms with Crippen molar-refractivity contribution in [3.05, 3.63) is 70.5 Å². The topological polar surface area (TPSA) is 88.6 Å². The monoisotopic (exact) mass is 520 g/mol. The van der Waals surface area contributed by atoms with Crippen LogP contribution in [0.1, 0.15) is 11.1 Å². The fourth-order valence-corrected chi connectivity index (χ4v) is 1.46. The third-order valence-corrected chi connectivity index (χ3v) is 2.52. The Labute approximate surface area is 147 Å². The van der Waals surface area contributed by atoms with E-state index in [1.54, 1.807) is 24.3 Å². The first-order valence-electron chi connectivity index (χ1n) is 6.26. The van der Waals surface area contributed by atoms with Gasteiger partial charge in [0.25, 0.3) is 0 Å². The Bertz CT molecular complexity index is 657. The maximum atomic E-state index is 9.02. The van der Waals surface area contributed by atoms with Gasteiger partial charge in [0, 0.05) is 12.1 Å². The number of aryl methyl sites for hydroxylation is 2. The van der Waals surface area contributed by atoms with Crippen LogP contribution in [0.3, 0.4) is 0 Å². The second-order valence-corrected chi connectivity index (χ2v) is 4.43. The van der Waals surface area contributed by atoms with Crippen LogP contribution in [0.5, 0.6) is 11.5 Å². The zero-order chi connectivity index (χ0) is 17.1. The maximum absolute atomic E-state index is 9.02. The van der Waals surface area contributed by atoms with Crippen molar-refractivity contribution in [3.63, 3.8) is 0 Å². The molecule has 0 spiro atoms. The van der Waals surface area contributed by atoms with Crippen LogP contribution in [0.4, 0.5) is 0 Å². The Hall–Kier alpha value is -1.45. The van der Waals surface area contributed by atoms with E-state index >= 15 is 0 Å². The van der Waals surface area contributed by atoms with E-state index in [2.05, 4.69) is 0 Å². The van der Waals surface area contributed by atoms with Gasteiger partial charge >= 0.3 is 54.4 Å². The molecule has 2 aromatic rings. The normalized spacial score (nSPS) is 8.68. The van der Waals surface area contributed by atoms with Crippen molar-refractivity contribution in [2.24, 2.45) is 0 Å². The van der Waals surface area contributed by atoms with E-state index in [0.29, 0.717) is 0 Å². The molecule has 0 aromatic heterocycles. The Morgan fingerprint density at radius 2 is 1.09 bits per heavy atom. The summed E-state index contributed by atoms with van der Waals surface area (Å²) in [5.74, 6) is 0.338. The van der Waals surface area contributed by atoms with Gasteiger partial charge in [0.2, 0.25) is 0 Å². The third-order valence-electron chi connectivity index (χ3n) is 2.52. The standard InChI is InChI=1S/2C8H8O2.Bi.ClH/c2*1-6-3-2-4-7(9)8(10)5-6;;/h2*2-5H,1H3,(H,9,10);;1H/q;;+3;/p+3. The van der Waals surface area contributed by atoms with Crippen LogP contribution in [-0.4, -0.2) is 43.3 Å². The van der Waals surface area contributed by atoms with Crippen LogP contribution in [0.15, 0.2) is 48.5 Å². The zero-order valence-corrected chi connectivity index (χ0v) is 16.6. The average molecular weight is 521 g/mol. The van der Waals surface area contributed by atoms with E-state index in [9.17, 15) is 0 Å². The van der Waals surface area contributed by atoms with Crippen molar-refractivity contribution < 1.29 is 19.8 Å². The predicted molar refractivity (Wildman–Crippen MR) is 90.2 cm³/mol. The summed E-state index contributed by atoms with van der Waals surface area (Å²) >= 11 is 0.917. The van der Waals surface area contributed by atoms with Crippen molar-refractivity contribution in [3.8, 4) is 11.5 Å². The predicted octanol–water partition coefficient (Wildman–Crippen LogP) is 1.18. The Kier molecular flexibility index (Phi) is 10.4. The molecule has 0 unspecified atom stereocenters. The molecule has 2 rings (SSSR count). The van der Waals surface area contributed by atoms with Crippen LogP contribution < -0.4 is 10.9 Å². The molecule has 0 atom stereocenters. The van der Waals surface area contributed by atoms with E-state index in [-0.39, 0.29) is 22.4 Å². The molecule has 0 amide bonds. The van der Waals surface area contributed by atoms with Crippen molar-refractivity contribution in [1.82, 2.24) is 0 Å². The number of hydrogen-bond donors (Lipinski definition) is 0. The Morgan fingerprint density at radius 1 is 0.773 bits per heavy atom. The van der Waals surface area contributed by atoms with Gasteiger partial charge in [0.1, 0.15) is 0 Å². The van der Waals surface area contributed by atoms with Gasteiger partial charge in [-0.2, -0.15) is 0 Å². The van der Waals surface area contributed by atoms with Gasteiger partial charge in [-0.05, 0) is 25.0 Å². The fourth-order valence-electron chi connectivity index (χ4n) is 1.46. The minimum atomic E-state index is 0.0214. The first kappa shape index (κ1) is 20.6. The molecule has 2 radical (unpaired) electrons. The molecular weight excluding hydrogens is 501 g/mol. The SMILES string of the molecule is Cc1cccc(=[OH+])c([OH2+])c1.Cc1cccc(=[OH+])c([OH2+])c1.[Cl][Bi+2]. The Morgan fingerprint density at radius 3 is 1.41 bits per heavy atom. The molecule has 0 aliphatic heterocycles. The van der Waals surface area contributed by atoms with E-state index in [1.165, 1.54) is 12.1 Å². The molecule has 6 heteroatoms. The molecule has 4 nitrogen and oxygen atoms in total. The molecule has 0 aliphatic carbocycles. The van der Waals surface area contributed by atoms with E-state index in [1.807, 2.05) is 26.0 Å². The van der Waals surface area contributed by atoms with Gasteiger partial charge in [-0.1, -0.05) is 24.3 Å². The summed E-state index contributed by atoms with van der Waals surface area (Å²) in [5.41, 5.74) is 2.00. The van der Waals surface area contributed by atoms with Crippen molar-refractivity contribution in [2.45, 2.75) is 13.8 Å². The first-order valence-corrected chi connectivity index (χ1v) is 10.5. The third kappa shape index (κ3) is 8.11. The van der Waals surface area contributed by atoms with Crippen molar-refractivity contribution >= 4 is 32.0 Å². The molecular formula is C16H20BiClO4+6. The summed E-state index contributed by atoms with van der Waals surface area (Å²) < 4.78 is 0. The van der Waals surface area contributed by atoms with Gasteiger partial charge in [-0.15, -0.1) is 0 Å². The molecule has 0 fully saturated rings. The van der Waals surface area contributed by atoms with Gasteiger partial charge in [-0.25, -0.2) is 0 Å². The quantitative estimate of drug-likeness (QED) is 0.369. The van der Waals surface area contributed by atoms with E-state index in [0.717, 1.165) is 34.7 Å². The molecule has 6 N–H and O–H groups in total. The molecule has 114 valence electrons. The van der Waals surface area contributed by atoms with Crippen LogP contribution in [0.25, 0.3) is 0 Å². The van der Waals surface area contributed by atoms with Gasteiger partial charge in [0.15, 0.2) is 0 Å². The van der Waals surface area contributed by atoms with Crippen molar-refractivity contribution in [2.75, 3.05) is 0 Å². The average Bonchev–Trinajstić information content (AvgIpc) is 2.71. The summed E-state index contributed by atoms with van der Waals surface area (Å²) in [4.78, 5) is 18.0. The number of hydrogen-bond acceptors (Lipinski definition) is 0. The molecule has 0 saturated carbocycles. The Balaban J connectivity index is 0.000000360. The molecule has 0 bridgehead atoms. The molecule has 22 heavy (non-hydrogen) atoms. The van der Waals surface area contributed by atoms with Crippen LogP contribution in [0.2, 0.25) is 0 Å².